The van der Waals surface area contributed by atoms with Crippen molar-refractivity contribution in [3.63, 3.8) is 0 Å². The molecule has 0 aliphatic carbocycles. The molecule has 2 rings (SSSR count). The first kappa shape index (κ1) is 11.6. The summed E-state index contributed by atoms with van der Waals surface area (Å²) in [5.41, 5.74) is 1.19. The van der Waals surface area contributed by atoms with E-state index >= 15 is 0 Å². The Balaban J connectivity index is 2.10. The van der Waals surface area contributed by atoms with Gasteiger partial charge in [0.2, 0.25) is 0 Å². The molecule has 0 aliphatic rings. The topological polar surface area (TPSA) is 29.3 Å². The van der Waals surface area contributed by atoms with Crippen LogP contribution in [0.25, 0.3) is 4.96 Å². The highest BCUT2D eigenvalue weighted by molar-refractivity contribution is 7.15. The Kier molecular flexibility index (Phi) is 3.61. The average Bonchev–Trinajstić information content (AvgIpc) is 2.76. The van der Waals surface area contributed by atoms with Crippen LogP contribution in [-0.2, 0) is 6.42 Å². The molecule has 0 spiro atoms. The van der Waals surface area contributed by atoms with Crippen LogP contribution >= 0.6 is 11.3 Å². The Morgan fingerprint density at radius 2 is 2.31 bits per heavy atom. The van der Waals surface area contributed by atoms with E-state index in [0.29, 0.717) is 12.0 Å². The number of aromatic nitrogens is 2. The second-order valence-electron chi connectivity index (χ2n) is 4.44. The molecule has 0 aromatic carbocycles. The maximum Gasteiger partial charge on any atom is 0.193 e. The van der Waals surface area contributed by atoms with E-state index in [1.54, 1.807) is 11.3 Å². The van der Waals surface area contributed by atoms with Crippen molar-refractivity contribution in [3.05, 3.63) is 23.5 Å². The van der Waals surface area contributed by atoms with Crippen LogP contribution in [0.3, 0.4) is 0 Å². The van der Waals surface area contributed by atoms with Crippen molar-refractivity contribution < 1.29 is 0 Å². The number of hydrogen-bond acceptors (Lipinski definition) is 3. The first-order valence-electron chi connectivity index (χ1n) is 5.85. The number of likely N-dealkylation sites (N-methyl/N-ethyl adjacent to an activating group) is 1. The summed E-state index contributed by atoms with van der Waals surface area (Å²) in [5.74, 6) is 0.639. The molecule has 0 fully saturated rings. The second-order valence-corrected chi connectivity index (χ2v) is 5.31. The fourth-order valence-electron chi connectivity index (χ4n) is 1.91. The van der Waals surface area contributed by atoms with Crippen molar-refractivity contribution in [3.8, 4) is 0 Å². The van der Waals surface area contributed by atoms with Crippen LogP contribution in [0.5, 0.6) is 0 Å². The van der Waals surface area contributed by atoms with Crippen molar-refractivity contribution in [2.75, 3.05) is 6.54 Å². The third-order valence-electron chi connectivity index (χ3n) is 2.84. The van der Waals surface area contributed by atoms with E-state index in [2.05, 4.69) is 53.2 Å². The lowest BCUT2D eigenvalue weighted by molar-refractivity contribution is 0.403. The molecule has 1 atom stereocenters. The monoisotopic (exact) mass is 237 g/mol. The minimum atomic E-state index is 0.523. The maximum absolute atomic E-state index is 4.62. The minimum absolute atomic E-state index is 0.523. The van der Waals surface area contributed by atoms with Gasteiger partial charge in [0.25, 0.3) is 0 Å². The van der Waals surface area contributed by atoms with Gasteiger partial charge in [0.05, 0.1) is 5.69 Å². The number of imidazole rings is 1. The number of fused-ring (bicyclic) bond motifs is 1. The lowest BCUT2D eigenvalue weighted by Gasteiger charge is -2.20. The molecule has 1 unspecified atom stereocenters. The molecule has 2 aromatic rings. The molecule has 0 saturated heterocycles. The fraction of sp³-hybridized carbons (Fsp3) is 0.583. The van der Waals surface area contributed by atoms with Crippen molar-refractivity contribution in [1.82, 2.24) is 14.7 Å². The number of hydrogen-bond donors (Lipinski definition) is 1. The molecule has 4 heteroatoms. The SMILES string of the molecule is CCNC(Cc1cn2ccsc2n1)C(C)C. The third kappa shape index (κ3) is 2.44. The Bertz CT molecular complexity index is 415. The van der Waals surface area contributed by atoms with E-state index in [4.69, 9.17) is 0 Å². The molecule has 0 bridgehead atoms. The summed E-state index contributed by atoms with van der Waals surface area (Å²) in [6, 6.07) is 0.523. The van der Waals surface area contributed by atoms with Crippen LogP contribution in [0.1, 0.15) is 26.5 Å². The lowest BCUT2D eigenvalue weighted by Crippen LogP contribution is -2.35. The highest BCUT2D eigenvalue weighted by atomic mass is 32.1. The van der Waals surface area contributed by atoms with Gasteiger partial charge in [-0.15, -0.1) is 11.3 Å². The van der Waals surface area contributed by atoms with E-state index in [1.807, 2.05) is 0 Å². The van der Waals surface area contributed by atoms with Gasteiger partial charge in [-0.25, -0.2) is 4.98 Å². The van der Waals surface area contributed by atoms with Crippen molar-refractivity contribution >= 4 is 16.3 Å². The molecule has 1 N–H and O–H groups in total. The quantitative estimate of drug-likeness (QED) is 0.866. The Labute approximate surface area is 101 Å². The van der Waals surface area contributed by atoms with Crippen LogP contribution in [-0.4, -0.2) is 22.0 Å². The van der Waals surface area contributed by atoms with E-state index in [-0.39, 0.29) is 0 Å². The molecule has 0 amide bonds. The van der Waals surface area contributed by atoms with Gasteiger partial charge in [0.15, 0.2) is 4.96 Å². The summed E-state index contributed by atoms with van der Waals surface area (Å²) in [6.07, 6.45) is 5.21. The predicted molar refractivity (Wildman–Crippen MR) is 69.1 cm³/mol. The summed E-state index contributed by atoms with van der Waals surface area (Å²) >= 11 is 1.69. The highest BCUT2D eigenvalue weighted by Crippen LogP contribution is 2.14. The molecule has 16 heavy (non-hydrogen) atoms. The van der Waals surface area contributed by atoms with Gasteiger partial charge in [-0.05, 0) is 12.5 Å². The number of nitrogens with one attached hydrogen (secondary N) is 1. The largest absolute Gasteiger partial charge is 0.314 e. The maximum atomic E-state index is 4.62. The van der Waals surface area contributed by atoms with Crippen molar-refractivity contribution in [1.29, 1.82) is 0 Å². The van der Waals surface area contributed by atoms with Gasteiger partial charge >= 0.3 is 0 Å². The molecule has 0 radical (unpaired) electrons. The highest BCUT2D eigenvalue weighted by Gasteiger charge is 2.14. The molecule has 3 nitrogen and oxygen atoms in total. The summed E-state index contributed by atoms with van der Waals surface area (Å²) in [7, 11) is 0. The third-order valence-corrected chi connectivity index (χ3v) is 3.61. The molecule has 2 heterocycles. The lowest BCUT2D eigenvalue weighted by atomic mass is 9.99. The standard InChI is InChI=1S/C12H19N3S/c1-4-13-11(9(2)3)7-10-8-15-5-6-16-12(15)14-10/h5-6,8-9,11,13H,4,7H2,1-3H3. The fourth-order valence-corrected chi connectivity index (χ4v) is 2.62. The number of thiazole rings is 1. The van der Waals surface area contributed by atoms with Crippen molar-refractivity contribution in [2.45, 2.75) is 33.2 Å². The van der Waals surface area contributed by atoms with Gasteiger partial charge in [-0.1, -0.05) is 20.8 Å². The van der Waals surface area contributed by atoms with Crippen LogP contribution in [0.2, 0.25) is 0 Å². The zero-order valence-corrected chi connectivity index (χ0v) is 10.9. The number of rotatable bonds is 5. The summed E-state index contributed by atoms with van der Waals surface area (Å²) in [6.45, 7) is 7.68. The zero-order chi connectivity index (χ0) is 11.5. The van der Waals surface area contributed by atoms with Gasteiger partial charge in [-0.2, -0.15) is 0 Å². The summed E-state index contributed by atoms with van der Waals surface area (Å²) in [4.78, 5) is 5.71. The first-order chi connectivity index (χ1) is 7.70. The molecule has 0 saturated carbocycles. The van der Waals surface area contributed by atoms with E-state index in [0.717, 1.165) is 17.9 Å². The normalized spacial score (nSPS) is 13.8. The van der Waals surface area contributed by atoms with Crippen LogP contribution in [0.15, 0.2) is 17.8 Å². The molecular weight excluding hydrogens is 218 g/mol. The van der Waals surface area contributed by atoms with E-state index < -0.39 is 0 Å². The van der Waals surface area contributed by atoms with E-state index in [9.17, 15) is 0 Å². The van der Waals surface area contributed by atoms with Crippen LogP contribution in [0, 0.1) is 5.92 Å². The van der Waals surface area contributed by atoms with Crippen LogP contribution < -0.4 is 5.32 Å². The smallest absolute Gasteiger partial charge is 0.193 e. The molecule has 2 aromatic heterocycles. The van der Waals surface area contributed by atoms with E-state index in [1.165, 1.54) is 5.69 Å². The summed E-state index contributed by atoms with van der Waals surface area (Å²) < 4.78 is 2.10. The first-order valence-corrected chi connectivity index (χ1v) is 6.73. The Morgan fingerprint density at radius 3 is 2.94 bits per heavy atom. The van der Waals surface area contributed by atoms with Crippen molar-refractivity contribution in [2.24, 2.45) is 5.92 Å². The van der Waals surface area contributed by atoms with Gasteiger partial charge in [-0.3, -0.25) is 4.40 Å². The Hall–Kier alpha value is -0.870. The molecule has 88 valence electrons. The summed E-state index contributed by atoms with van der Waals surface area (Å²) in [5, 5.41) is 5.59. The minimum Gasteiger partial charge on any atom is -0.314 e. The Morgan fingerprint density at radius 1 is 1.50 bits per heavy atom. The van der Waals surface area contributed by atoms with Gasteiger partial charge in [0, 0.05) is 30.2 Å². The zero-order valence-electron chi connectivity index (χ0n) is 10.1. The molecular formula is C12H19N3S. The predicted octanol–water partition coefficient (Wildman–Crippen LogP) is 2.57. The molecule has 0 aliphatic heterocycles. The second kappa shape index (κ2) is 4.97. The average molecular weight is 237 g/mol. The van der Waals surface area contributed by atoms with Gasteiger partial charge in [0.1, 0.15) is 0 Å². The van der Waals surface area contributed by atoms with Crippen LogP contribution in [0.4, 0.5) is 0 Å². The van der Waals surface area contributed by atoms with Gasteiger partial charge < -0.3 is 5.32 Å². The number of nitrogens with zero attached hydrogens (tertiary/aromatic N) is 2.